The second-order valence-corrected chi connectivity index (χ2v) is 9.31. The first-order valence-corrected chi connectivity index (χ1v) is 11.5. The molecule has 0 N–H and O–H groups in total. The molecule has 0 atom stereocenters. The van der Waals surface area contributed by atoms with Crippen molar-refractivity contribution >= 4 is 26.5 Å². The zero-order valence-corrected chi connectivity index (χ0v) is 18.7. The lowest BCUT2D eigenvalue weighted by Crippen LogP contribution is -2.49. The number of anilines is 1. The summed E-state index contributed by atoms with van der Waals surface area (Å²) in [5.74, 6) is 1.26. The lowest BCUT2D eigenvalue weighted by atomic mass is 10.1. The highest BCUT2D eigenvalue weighted by Gasteiger charge is 2.34. The molecule has 2 aliphatic heterocycles. The Balaban J connectivity index is 1.56. The van der Waals surface area contributed by atoms with Gasteiger partial charge in [0.15, 0.2) is 0 Å². The van der Waals surface area contributed by atoms with E-state index in [1.165, 1.54) is 16.8 Å². The smallest absolute Gasteiger partial charge is 0.285 e. The van der Waals surface area contributed by atoms with Crippen LogP contribution in [0.15, 0.2) is 52.4 Å². The number of sulfonamides is 1. The van der Waals surface area contributed by atoms with Crippen molar-refractivity contribution in [2.75, 3.05) is 38.2 Å². The molecule has 1 fully saturated rings. The third-order valence-electron chi connectivity index (χ3n) is 5.99. The van der Waals surface area contributed by atoms with E-state index in [0.717, 1.165) is 26.2 Å². The summed E-state index contributed by atoms with van der Waals surface area (Å²) in [5.41, 5.74) is 5.18. The first kappa shape index (κ1) is 20.5. The molecule has 2 heterocycles. The van der Waals surface area contributed by atoms with Gasteiger partial charge in [-0.1, -0.05) is 12.1 Å². The number of methoxy groups -OCH3 is 1. The Morgan fingerprint density at radius 2 is 1.53 bits per heavy atom. The van der Waals surface area contributed by atoms with Crippen LogP contribution in [0.2, 0.25) is 0 Å². The van der Waals surface area contributed by atoms with Gasteiger partial charge in [0.1, 0.15) is 16.5 Å². The predicted molar refractivity (Wildman–Crippen MR) is 122 cm³/mol. The van der Waals surface area contributed by atoms with Crippen LogP contribution in [0.3, 0.4) is 0 Å². The van der Waals surface area contributed by atoms with Crippen molar-refractivity contribution in [3.8, 4) is 5.75 Å². The molecule has 30 heavy (non-hydrogen) atoms. The Morgan fingerprint density at radius 3 is 2.17 bits per heavy atom. The molecule has 6 nitrogen and oxygen atoms in total. The maximum Gasteiger partial charge on any atom is 0.285 e. The van der Waals surface area contributed by atoms with Crippen molar-refractivity contribution in [3.05, 3.63) is 64.7 Å². The van der Waals surface area contributed by atoms with Crippen molar-refractivity contribution in [2.24, 2.45) is 4.40 Å². The standard InChI is InChI=1S/C23H27N3O3S/c1-16-6-5-7-21(17(16)2)25-12-14-26(15-13-25)23-18(3)22(30(27,28)24-23)19-8-10-20(29-4)11-9-19/h5-11H,12-15H2,1-4H3. The summed E-state index contributed by atoms with van der Waals surface area (Å²) in [5, 5.41) is 0. The molecule has 1 saturated heterocycles. The fraction of sp³-hybridized carbons (Fsp3) is 0.348. The maximum atomic E-state index is 12.8. The van der Waals surface area contributed by atoms with Gasteiger partial charge in [-0.05, 0) is 67.8 Å². The average Bonchev–Trinajstić information content (AvgIpc) is 2.99. The molecule has 0 aromatic heterocycles. The minimum Gasteiger partial charge on any atom is -0.497 e. The van der Waals surface area contributed by atoms with Gasteiger partial charge in [0.2, 0.25) is 0 Å². The Labute approximate surface area is 178 Å². The molecule has 0 saturated carbocycles. The zero-order chi connectivity index (χ0) is 21.5. The van der Waals surface area contributed by atoms with E-state index in [4.69, 9.17) is 4.74 Å². The molecule has 2 aromatic carbocycles. The number of ether oxygens (including phenoxy) is 1. The van der Waals surface area contributed by atoms with E-state index in [1.54, 1.807) is 31.4 Å². The highest BCUT2D eigenvalue weighted by atomic mass is 32.2. The van der Waals surface area contributed by atoms with Gasteiger partial charge in [-0.3, -0.25) is 0 Å². The molecule has 0 amide bonds. The monoisotopic (exact) mass is 425 g/mol. The third-order valence-corrected chi connectivity index (χ3v) is 7.46. The molecule has 0 unspecified atom stereocenters. The largest absolute Gasteiger partial charge is 0.497 e. The molecule has 2 aliphatic rings. The number of rotatable bonds is 3. The summed E-state index contributed by atoms with van der Waals surface area (Å²) in [7, 11) is -2.13. The Bertz CT molecular complexity index is 1130. The minimum atomic E-state index is -3.71. The van der Waals surface area contributed by atoms with Crippen molar-refractivity contribution < 1.29 is 13.2 Å². The van der Waals surface area contributed by atoms with Gasteiger partial charge in [-0.2, -0.15) is 8.42 Å². The number of nitrogens with zero attached hydrogens (tertiary/aromatic N) is 3. The van der Waals surface area contributed by atoms with Crippen LogP contribution in [0.25, 0.3) is 4.91 Å². The second-order valence-electron chi connectivity index (χ2n) is 7.77. The van der Waals surface area contributed by atoms with Gasteiger partial charge in [-0.25, -0.2) is 0 Å². The van der Waals surface area contributed by atoms with Gasteiger partial charge in [0.25, 0.3) is 10.0 Å². The van der Waals surface area contributed by atoms with Gasteiger partial charge in [-0.15, -0.1) is 4.40 Å². The van der Waals surface area contributed by atoms with Crippen LogP contribution in [-0.4, -0.2) is 52.4 Å². The molecular weight excluding hydrogens is 398 g/mol. The summed E-state index contributed by atoms with van der Waals surface area (Å²) >= 11 is 0. The SMILES string of the molecule is COc1ccc(C2=C(C)C(N3CCN(c4cccc(C)c4C)CC3)=NS2(=O)=O)cc1. The van der Waals surface area contributed by atoms with E-state index in [9.17, 15) is 8.42 Å². The summed E-state index contributed by atoms with van der Waals surface area (Å²) in [6, 6.07) is 13.5. The van der Waals surface area contributed by atoms with E-state index in [1.807, 2.05) is 6.92 Å². The normalized spacial score (nSPS) is 18.6. The van der Waals surface area contributed by atoms with E-state index >= 15 is 0 Å². The quantitative estimate of drug-likeness (QED) is 0.752. The molecule has 0 spiro atoms. The van der Waals surface area contributed by atoms with Gasteiger partial charge in [0.05, 0.1) is 7.11 Å². The molecule has 2 aromatic rings. The van der Waals surface area contributed by atoms with Crippen LogP contribution in [-0.2, 0) is 10.0 Å². The summed E-state index contributed by atoms with van der Waals surface area (Å²) < 4.78 is 35.0. The van der Waals surface area contributed by atoms with Crippen molar-refractivity contribution in [2.45, 2.75) is 20.8 Å². The first-order valence-electron chi connectivity index (χ1n) is 10.1. The Kier molecular flexibility index (Phi) is 5.32. The molecule has 7 heteroatoms. The van der Waals surface area contributed by atoms with Crippen molar-refractivity contribution in [1.29, 1.82) is 0 Å². The second kappa shape index (κ2) is 7.80. The van der Waals surface area contributed by atoms with Gasteiger partial charge < -0.3 is 14.5 Å². The van der Waals surface area contributed by atoms with E-state index in [-0.39, 0.29) is 4.91 Å². The lowest BCUT2D eigenvalue weighted by molar-refractivity contribution is 0.386. The van der Waals surface area contributed by atoms with Crippen LogP contribution in [0.5, 0.6) is 5.75 Å². The van der Waals surface area contributed by atoms with Crippen LogP contribution >= 0.6 is 0 Å². The maximum absolute atomic E-state index is 12.8. The lowest BCUT2D eigenvalue weighted by Gasteiger charge is -2.38. The number of piperazine rings is 1. The molecule has 4 rings (SSSR count). The minimum absolute atomic E-state index is 0.289. The Morgan fingerprint density at radius 1 is 0.900 bits per heavy atom. The van der Waals surface area contributed by atoms with E-state index in [0.29, 0.717) is 22.7 Å². The first-order chi connectivity index (χ1) is 14.3. The zero-order valence-electron chi connectivity index (χ0n) is 17.8. The number of hydrogen-bond donors (Lipinski definition) is 0. The number of benzene rings is 2. The molecule has 158 valence electrons. The van der Waals surface area contributed by atoms with Gasteiger partial charge >= 0.3 is 0 Å². The predicted octanol–water partition coefficient (Wildman–Crippen LogP) is 3.61. The molecule has 0 bridgehead atoms. The average molecular weight is 426 g/mol. The summed E-state index contributed by atoms with van der Waals surface area (Å²) in [4.78, 5) is 4.74. The molecular formula is C23H27N3O3S. The highest BCUT2D eigenvalue weighted by Crippen LogP contribution is 2.35. The molecule has 0 aliphatic carbocycles. The topological polar surface area (TPSA) is 62.2 Å². The van der Waals surface area contributed by atoms with E-state index < -0.39 is 10.0 Å². The van der Waals surface area contributed by atoms with Crippen LogP contribution < -0.4 is 9.64 Å². The van der Waals surface area contributed by atoms with Crippen LogP contribution in [0, 0.1) is 13.8 Å². The fourth-order valence-electron chi connectivity index (χ4n) is 4.16. The third kappa shape index (κ3) is 3.58. The summed E-state index contributed by atoms with van der Waals surface area (Å²) in [6.45, 7) is 9.24. The highest BCUT2D eigenvalue weighted by molar-refractivity contribution is 8.00. The molecule has 0 radical (unpaired) electrons. The number of aryl methyl sites for hydroxylation is 1. The summed E-state index contributed by atoms with van der Waals surface area (Å²) in [6.07, 6.45) is 0. The van der Waals surface area contributed by atoms with Crippen LogP contribution in [0.1, 0.15) is 23.6 Å². The number of amidine groups is 1. The fourth-order valence-corrected chi connectivity index (χ4v) is 5.65. The van der Waals surface area contributed by atoms with Crippen molar-refractivity contribution in [3.63, 3.8) is 0 Å². The number of hydrogen-bond acceptors (Lipinski definition) is 5. The Hall–Kier alpha value is -2.80. The van der Waals surface area contributed by atoms with Crippen LogP contribution in [0.4, 0.5) is 5.69 Å². The van der Waals surface area contributed by atoms with Gasteiger partial charge in [0, 0.05) is 37.4 Å². The van der Waals surface area contributed by atoms with Crippen molar-refractivity contribution in [1.82, 2.24) is 4.90 Å². The van der Waals surface area contributed by atoms with E-state index in [2.05, 4.69) is 46.2 Å².